The predicted octanol–water partition coefficient (Wildman–Crippen LogP) is -1.58. The smallest absolute Gasteiger partial charge is 0.159 e. The fourth-order valence-electron chi connectivity index (χ4n) is 3.28. The second-order valence-electron chi connectivity index (χ2n) is 7.30. The molecule has 0 aliphatic rings. The van der Waals surface area contributed by atoms with E-state index >= 15 is 0 Å². The van der Waals surface area contributed by atoms with Crippen LogP contribution in [0.15, 0.2) is 48.5 Å². The Balaban J connectivity index is 2.39. The number of hydrogen-bond donors (Lipinski definition) is 8. The lowest BCUT2D eigenvalue weighted by molar-refractivity contribution is 0.0124. The highest BCUT2D eigenvalue weighted by Crippen LogP contribution is 2.27. The zero-order valence-corrected chi connectivity index (χ0v) is 17.8. The molecule has 0 saturated carbocycles. The van der Waals surface area contributed by atoms with Crippen LogP contribution in [0.2, 0.25) is 0 Å². The molecule has 0 aromatic heterocycles. The Morgan fingerprint density at radius 1 is 0.774 bits per heavy atom. The van der Waals surface area contributed by atoms with Crippen LogP contribution in [0.3, 0.4) is 0 Å². The summed E-state index contributed by atoms with van der Waals surface area (Å²) in [5.41, 5.74) is 8.44. The Morgan fingerprint density at radius 2 is 1.16 bits per heavy atom. The summed E-state index contributed by atoms with van der Waals surface area (Å²) in [6, 6.07) is 12.2. The Hall–Kier alpha value is -2.25. The van der Waals surface area contributed by atoms with E-state index in [9.17, 15) is 18.6 Å². The highest BCUT2D eigenvalue weighted by atomic mass is 32.2. The van der Waals surface area contributed by atoms with Gasteiger partial charge in [-0.2, -0.15) is 0 Å². The van der Waals surface area contributed by atoms with E-state index in [2.05, 4.69) is 10.6 Å². The van der Waals surface area contributed by atoms with Gasteiger partial charge in [0.2, 0.25) is 0 Å². The van der Waals surface area contributed by atoms with Gasteiger partial charge in [0, 0.05) is 35.6 Å². The molecular weight excluding hydrogens is 424 g/mol. The number of nitrogens with one attached hydrogen (secondary N) is 2. The molecule has 2 atom stereocenters. The first-order valence-electron chi connectivity index (χ1n) is 9.62. The number of nitrogens with two attached hydrogens (primary N) is 2. The maximum atomic E-state index is 13.1. The third-order valence-corrected chi connectivity index (χ3v) is 6.36. The predicted molar refractivity (Wildman–Crippen MR) is 118 cm³/mol. The minimum absolute atomic E-state index is 0.0803. The van der Waals surface area contributed by atoms with Gasteiger partial charge in [-0.15, -0.1) is 0 Å². The van der Waals surface area contributed by atoms with Gasteiger partial charge in [0.05, 0.1) is 24.7 Å². The first-order valence-corrected chi connectivity index (χ1v) is 11.4. The fourth-order valence-corrected chi connectivity index (χ4v) is 5.19. The molecule has 0 heterocycles. The molecule has 10 N–H and O–H groups in total. The maximum absolute atomic E-state index is 13.1. The molecule has 0 fully saturated rings. The monoisotopic (exact) mass is 454 g/mol. The lowest BCUT2D eigenvalue weighted by atomic mass is 10.0. The number of aliphatic hydroxyl groups is 4. The van der Waals surface area contributed by atoms with Gasteiger partial charge in [-0.25, -0.2) is 8.42 Å². The molecule has 2 rings (SSSR count). The van der Waals surface area contributed by atoms with Crippen molar-refractivity contribution in [1.29, 1.82) is 0 Å². The van der Waals surface area contributed by atoms with E-state index in [1.54, 1.807) is 24.3 Å². The van der Waals surface area contributed by atoms with E-state index in [-0.39, 0.29) is 37.4 Å². The highest BCUT2D eigenvalue weighted by Gasteiger charge is 2.40. The molecule has 0 saturated heterocycles. The first-order chi connectivity index (χ1) is 14.5. The number of benzene rings is 2. The number of anilines is 2. The SMILES string of the molecule is Nc1cccc(C(O)(CS(=O)(=O)CC(O)(NCCO)c2cccc(N)c2)NCCO)c1. The fraction of sp³-hybridized carbons (Fsp3) is 0.400. The summed E-state index contributed by atoms with van der Waals surface area (Å²) in [5, 5.41) is 45.9. The van der Waals surface area contributed by atoms with Gasteiger partial charge in [-0.3, -0.25) is 10.6 Å². The average Bonchev–Trinajstić information content (AvgIpc) is 2.70. The molecule has 2 unspecified atom stereocenters. The van der Waals surface area contributed by atoms with Gasteiger partial charge >= 0.3 is 0 Å². The van der Waals surface area contributed by atoms with Crippen molar-refractivity contribution in [3.8, 4) is 0 Å². The van der Waals surface area contributed by atoms with Crippen LogP contribution < -0.4 is 22.1 Å². The van der Waals surface area contributed by atoms with E-state index in [1.807, 2.05) is 0 Å². The molecule has 10 nitrogen and oxygen atoms in total. The van der Waals surface area contributed by atoms with Crippen LogP contribution in [0.5, 0.6) is 0 Å². The van der Waals surface area contributed by atoms with Crippen LogP contribution in [0.25, 0.3) is 0 Å². The number of sulfone groups is 1. The van der Waals surface area contributed by atoms with E-state index in [4.69, 9.17) is 21.7 Å². The van der Waals surface area contributed by atoms with Gasteiger partial charge in [-0.05, 0) is 24.3 Å². The molecule has 0 amide bonds. The third-order valence-electron chi connectivity index (χ3n) is 4.64. The molecule has 2 aromatic carbocycles. The second kappa shape index (κ2) is 10.4. The van der Waals surface area contributed by atoms with Crippen LogP contribution in [-0.4, -0.2) is 66.7 Å². The zero-order valence-electron chi connectivity index (χ0n) is 17.0. The highest BCUT2D eigenvalue weighted by molar-refractivity contribution is 7.91. The summed E-state index contributed by atoms with van der Waals surface area (Å²) < 4.78 is 26.2. The minimum Gasteiger partial charge on any atom is -0.399 e. The third kappa shape index (κ3) is 6.87. The van der Waals surface area contributed by atoms with Crippen molar-refractivity contribution in [3.05, 3.63) is 59.7 Å². The van der Waals surface area contributed by atoms with Crippen molar-refractivity contribution >= 4 is 21.2 Å². The van der Waals surface area contributed by atoms with Crippen molar-refractivity contribution < 1.29 is 28.8 Å². The van der Waals surface area contributed by atoms with Gasteiger partial charge in [0.15, 0.2) is 21.3 Å². The number of nitrogen functional groups attached to an aromatic ring is 2. The zero-order chi connectivity index (χ0) is 23.1. The Morgan fingerprint density at radius 3 is 1.48 bits per heavy atom. The minimum atomic E-state index is -4.15. The molecule has 172 valence electrons. The molecule has 31 heavy (non-hydrogen) atoms. The van der Waals surface area contributed by atoms with E-state index in [0.29, 0.717) is 11.4 Å². The Bertz CT molecular complexity index is 902. The largest absolute Gasteiger partial charge is 0.399 e. The maximum Gasteiger partial charge on any atom is 0.159 e. The Labute approximate surface area is 181 Å². The van der Waals surface area contributed by atoms with Crippen LogP contribution in [-0.2, 0) is 21.3 Å². The summed E-state index contributed by atoms with van der Waals surface area (Å²) in [5.74, 6) is -1.62. The van der Waals surface area contributed by atoms with Crippen LogP contribution in [0, 0.1) is 0 Å². The normalized spacial score (nSPS) is 15.9. The van der Waals surface area contributed by atoms with Crippen LogP contribution in [0.4, 0.5) is 11.4 Å². The number of rotatable bonds is 12. The molecule has 2 aromatic rings. The molecular formula is C20H30N4O6S. The summed E-state index contributed by atoms with van der Waals surface area (Å²) in [6.07, 6.45) is 0. The molecule has 0 spiro atoms. The summed E-state index contributed by atoms with van der Waals surface area (Å²) >= 11 is 0. The summed E-state index contributed by atoms with van der Waals surface area (Å²) in [7, 11) is -4.15. The number of hydrogen-bond acceptors (Lipinski definition) is 10. The molecule has 0 aliphatic heterocycles. The summed E-state index contributed by atoms with van der Waals surface area (Å²) in [6.45, 7) is -0.835. The van der Waals surface area contributed by atoms with Crippen molar-refractivity contribution in [2.75, 3.05) is 49.3 Å². The van der Waals surface area contributed by atoms with Gasteiger partial charge < -0.3 is 31.9 Å². The molecule has 0 aliphatic carbocycles. The quantitative estimate of drug-likeness (QED) is 0.137. The topological polar surface area (TPSA) is 191 Å². The van der Waals surface area contributed by atoms with Crippen molar-refractivity contribution in [2.45, 2.75) is 11.4 Å². The average molecular weight is 455 g/mol. The molecule has 0 radical (unpaired) electrons. The molecule has 11 heteroatoms. The van der Waals surface area contributed by atoms with Crippen LogP contribution in [0.1, 0.15) is 11.1 Å². The number of aliphatic hydroxyl groups excluding tert-OH is 2. The lowest BCUT2D eigenvalue weighted by Crippen LogP contribution is -2.53. The Kier molecular flexibility index (Phi) is 8.37. The van der Waals surface area contributed by atoms with Crippen LogP contribution >= 0.6 is 0 Å². The standard InChI is InChI=1S/C20H30N4O6S/c21-17-5-1-3-15(11-17)19(27,23-7-9-25)13-31(29,30)14-20(28,24-8-10-26)16-4-2-6-18(22)12-16/h1-6,11-12,23-28H,7-10,13-14,21-22H2. The van der Waals surface area contributed by atoms with Gasteiger partial charge in [0.25, 0.3) is 0 Å². The van der Waals surface area contributed by atoms with Gasteiger partial charge in [0.1, 0.15) is 0 Å². The van der Waals surface area contributed by atoms with E-state index in [0.717, 1.165) is 0 Å². The van der Waals surface area contributed by atoms with Crippen molar-refractivity contribution in [2.24, 2.45) is 0 Å². The lowest BCUT2D eigenvalue weighted by Gasteiger charge is -2.33. The van der Waals surface area contributed by atoms with E-state index < -0.39 is 32.8 Å². The van der Waals surface area contributed by atoms with Crippen molar-refractivity contribution in [1.82, 2.24) is 10.6 Å². The second-order valence-corrected chi connectivity index (χ2v) is 9.37. The molecule has 0 bridgehead atoms. The van der Waals surface area contributed by atoms with E-state index in [1.165, 1.54) is 24.3 Å². The first kappa shape index (κ1) is 25.0. The van der Waals surface area contributed by atoms with Gasteiger partial charge in [-0.1, -0.05) is 24.3 Å². The summed E-state index contributed by atoms with van der Waals surface area (Å²) in [4.78, 5) is 0. The van der Waals surface area contributed by atoms with Crippen molar-refractivity contribution in [3.63, 3.8) is 0 Å².